The van der Waals surface area contributed by atoms with Crippen LogP contribution in [0.15, 0.2) is 24.3 Å². The van der Waals surface area contributed by atoms with Crippen LogP contribution in [-0.2, 0) is 0 Å². The van der Waals surface area contributed by atoms with Gasteiger partial charge in [-0.2, -0.15) is 0 Å². The summed E-state index contributed by atoms with van der Waals surface area (Å²) in [5, 5.41) is 10.3. The predicted octanol–water partition coefficient (Wildman–Crippen LogP) is 3.47. The van der Waals surface area contributed by atoms with Crippen LogP contribution in [-0.4, -0.2) is 29.6 Å². The summed E-state index contributed by atoms with van der Waals surface area (Å²) in [6.07, 6.45) is -0.761. The molecule has 0 amide bonds. The van der Waals surface area contributed by atoms with Crippen LogP contribution in [0, 0.1) is 17.7 Å². The van der Waals surface area contributed by atoms with E-state index in [9.17, 15) is 9.50 Å². The van der Waals surface area contributed by atoms with Crippen molar-refractivity contribution in [1.82, 2.24) is 4.90 Å². The van der Waals surface area contributed by atoms with E-state index < -0.39 is 6.10 Å². The zero-order chi connectivity index (χ0) is 14.6. The third-order valence-corrected chi connectivity index (χ3v) is 4.00. The molecule has 0 fully saturated rings. The monoisotopic (exact) mass is 267 g/mol. The van der Waals surface area contributed by atoms with E-state index in [4.69, 9.17) is 0 Å². The highest BCUT2D eigenvalue weighted by molar-refractivity contribution is 5.20. The van der Waals surface area contributed by atoms with E-state index in [1.807, 2.05) is 6.92 Å². The van der Waals surface area contributed by atoms with Crippen molar-refractivity contribution >= 4 is 0 Å². The molecule has 3 unspecified atom stereocenters. The molecule has 2 nitrogen and oxygen atoms in total. The molecule has 19 heavy (non-hydrogen) atoms. The van der Waals surface area contributed by atoms with E-state index in [0.29, 0.717) is 17.5 Å². The molecule has 0 aromatic heterocycles. The molecule has 3 atom stereocenters. The highest BCUT2D eigenvalue weighted by Crippen LogP contribution is 2.25. The summed E-state index contributed by atoms with van der Waals surface area (Å²) in [5.74, 6) is 0.215. The molecule has 0 radical (unpaired) electrons. The highest BCUT2D eigenvalue weighted by atomic mass is 19.1. The van der Waals surface area contributed by atoms with Gasteiger partial charge in [-0.3, -0.25) is 0 Å². The molecule has 0 aliphatic carbocycles. The molecule has 0 saturated heterocycles. The van der Waals surface area contributed by atoms with Gasteiger partial charge in [-0.1, -0.05) is 39.0 Å². The van der Waals surface area contributed by atoms with Gasteiger partial charge in [-0.15, -0.1) is 0 Å². The minimum absolute atomic E-state index is 0.0110. The molecule has 0 saturated carbocycles. The Morgan fingerprint density at radius 2 is 1.74 bits per heavy atom. The Hall–Kier alpha value is -0.930. The quantitative estimate of drug-likeness (QED) is 0.853. The summed E-state index contributed by atoms with van der Waals surface area (Å²) in [4.78, 5) is 2.22. The zero-order valence-electron chi connectivity index (χ0n) is 12.6. The number of nitrogens with zero attached hydrogens (tertiary/aromatic N) is 1. The molecule has 0 heterocycles. The first-order valence-corrected chi connectivity index (χ1v) is 6.97. The van der Waals surface area contributed by atoms with Gasteiger partial charge in [0.05, 0.1) is 6.10 Å². The van der Waals surface area contributed by atoms with E-state index in [-0.39, 0.29) is 11.7 Å². The number of benzene rings is 1. The van der Waals surface area contributed by atoms with Gasteiger partial charge < -0.3 is 10.0 Å². The van der Waals surface area contributed by atoms with E-state index in [2.05, 4.69) is 32.7 Å². The van der Waals surface area contributed by atoms with Crippen molar-refractivity contribution in [3.63, 3.8) is 0 Å². The molecule has 1 aromatic carbocycles. The highest BCUT2D eigenvalue weighted by Gasteiger charge is 2.23. The van der Waals surface area contributed by atoms with Crippen LogP contribution in [0.5, 0.6) is 0 Å². The van der Waals surface area contributed by atoms with E-state index in [1.54, 1.807) is 18.2 Å². The minimum Gasteiger partial charge on any atom is -0.388 e. The summed E-state index contributed by atoms with van der Waals surface area (Å²) in [6, 6.07) is 6.89. The third-order valence-electron chi connectivity index (χ3n) is 4.00. The molecular formula is C16H26FNO. The molecule has 3 heteroatoms. The van der Waals surface area contributed by atoms with Crippen LogP contribution in [0.2, 0.25) is 0 Å². The summed E-state index contributed by atoms with van der Waals surface area (Å²) in [7, 11) is 2.05. The SMILES string of the molecule is CC(C)C(C)N(C)CC(C)C(O)c1ccccc1F. The summed E-state index contributed by atoms with van der Waals surface area (Å²) in [6.45, 7) is 9.24. The van der Waals surface area contributed by atoms with Gasteiger partial charge in [0.25, 0.3) is 0 Å². The van der Waals surface area contributed by atoms with Crippen molar-refractivity contribution in [1.29, 1.82) is 0 Å². The van der Waals surface area contributed by atoms with E-state index in [1.165, 1.54) is 6.07 Å². The maximum Gasteiger partial charge on any atom is 0.129 e. The Bertz CT molecular complexity index is 394. The fraction of sp³-hybridized carbons (Fsp3) is 0.625. The number of hydrogen-bond acceptors (Lipinski definition) is 2. The van der Waals surface area contributed by atoms with Crippen LogP contribution in [0.3, 0.4) is 0 Å². The fourth-order valence-corrected chi connectivity index (χ4v) is 2.25. The van der Waals surface area contributed by atoms with Crippen molar-refractivity contribution in [2.75, 3.05) is 13.6 Å². The average molecular weight is 267 g/mol. The molecule has 0 aliphatic heterocycles. The van der Waals surface area contributed by atoms with E-state index >= 15 is 0 Å². The van der Waals surface area contributed by atoms with Gasteiger partial charge in [-0.25, -0.2) is 4.39 Å². The Kier molecular flexibility index (Phi) is 5.95. The zero-order valence-corrected chi connectivity index (χ0v) is 12.6. The first-order chi connectivity index (χ1) is 8.84. The Morgan fingerprint density at radius 3 is 2.26 bits per heavy atom. The predicted molar refractivity (Wildman–Crippen MR) is 77.5 cm³/mol. The molecule has 1 rings (SSSR count). The Morgan fingerprint density at radius 1 is 1.16 bits per heavy atom. The lowest BCUT2D eigenvalue weighted by atomic mass is 9.95. The van der Waals surface area contributed by atoms with Crippen LogP contribution in [0.25, 0.3) is 0 Å². The van der Waals surface area contributed by atoms with Crippen LogP contribution in [0.4, 0.5) is 4.39 Å². The lowest BCUT2D eigenvalue weighted by Crippen LogP contribution is -2.37. The van der Waals surface area contributed by atoms with Crippen molar-refractivity contribution in [2.45, 2.75) is 39.8 Å². The van der Waals surface area contributed by atoms with Gasteiger partial charge in [0.1, 0.15) is 5.82 Å². The molecule has 1 aromatic rings. The van der Waals surface area contributed by atoms with Crippen molar-refractivity contribution < 1.29 is 9.50 Å². The van der Waals surface area contributed by atoms with Crippen molar-refractivity contribution in [3.05, 3.63) is 35.6 Å². The lowest BCUT2D eigenvalue weighted by molar-refractivity contribution is 0.0761. The second-order valence-corrected chi connectivity index (χ2v) is 5.87. The van der Waals surface area contributed by atoms with Crippen LogP contribution in [0.1, 0.15) is 39.4 Å². The van der Waals surface area contributed by atoms with Crippen molar-refractivity contribution in [2.24, 2.45) is 11.8 Å². The van der Waals surface area contributed by atoms with Gasteiger partial charge in [0.15, 0.2) is 0 Å². The Labute approximate surface area is 116 Å². The molecule has 0 spiro atoms. The Balaban J connectivity index is 2.68. The molecule has 108 valence electrons. The topological polar surface area (TPSA) is 23.5 Å². The number of aliphatic hydroxyl groups excluding tert-OH is 1. The average Bonchev–Trinajstić information content (AvgIpc) is 2.37. The molecule has 1 N–H and O–H groups in total. The normalized spacial score (nSPS) is 16.7. The van der Waals surface area contributed by atoms with Gasteiger partial charge in [0.2, 0.25) is 0 Å². The first-order valence-electron chi connectivity index (χ1n) is 6.97. The molecular weight excluding hydrogens is 241 g/mol. The maximum absolute atomic E-state index is 13.7. The standard InChI is InChI=1S/C16H26FNO/c1-11(2)13(4)18(5)10-12(3)16(19)14-8-6-7-9-15(14)17/h6-9,11-13,16,19H,10H2,1-5H3. The minimum atomic E-state index is -0.761. The largest absolute Gasteiger partial charge is 0.388 e. The lowest BCUT2D eigenvalue weighted by Gasteiger charge is -2.32. The number of rotatable bonds is 6. The van der Waals surface area contributed by atoms with E-state index in [0.717, 1.165) is 6.54 Å². The van der Waals surface area contributed by atoms with Crippen molar-refractivity contribution in [3.8, 4) is 0 Å². The number of halogens is 1. The number of aliphatic hydroxyl groups is 1. The van der Waals surface area contributed by atoms with Gasteiger partial charge >= 0.3 is 0 Å². The third kappa shape index (κ3) is 4.29. The smallest absolute Gasteiger partial charge is 0.129 e. The summed E-state index contributed by atoms with van der Waals surface area (Å²) < 4.78 is 13.7. The molecule has 0 bridgehead atoms. The van der Waals surface area contributed by atoms with Gasteiger partial charge in [-0.05, 0) is 31.9 Å². The maximum atomic E-state index is 13.7. The second-order valence-electron chi connectivity index (χ2n) is 5.87. The fourth-order valence-electron chi connectivity index (χ4n) is 2.25. The van der Waals surface area contributed by atoms with Crippen LogP contribution >= 0.6 is 0 Å². The van der Waals surface area contributed by atoms with Crippen LogP contribution < -0.4 is 0 Å². The summed E-state index contributed by atoms with van der Waals surface area (Å²) in [5.41, 5.74) is 0.389. The number of hydrogen-bond donors (Lipinski definition) is 1. The van der Waals surface area contributed by atoms with Gasteiger partial charge in [0, 0.05) is 18.2 Å². The molecule has 0 aliphatic rings. The second kappa shape index (κ2) is 7.01. The summed E-state index contributed by atoms with van der Waals surface area (Å²) >= 11 is 0. The first kappa shape index (κ1) is 16.1.